The molecule has 0 N–H and O–H groups in total. The normalized spacial score (nSPS) is 30.1. The summed E-state index contributed by atoms with van der Waals surface area (Å²) in [7, 11) is 0. The van der Waals surface area contributed by atoms with E-state index in [0.29, 0.717) is 5.69 Å². The Morgan fingerprint density at radius 1 is 1.11 bits per heavy atom. The van der Waals surface area contributed by atoms with Crippen molar-refractivity contribution in [2.24, 2.45) is 11.8 Å². The number of fused-ring (bicyclic) bond motifs is 5. The van der Waals surface area contributed by atoms with Gasteiger partial charge in [-0.05, 0) is 30.3 Å². The third-order valence-electron chi connectivity index (χ3n) is 5.08. The van der Waals surface area contributed by atoms with Crippen LogP contribution in [0.1, 0.15) is 13.8 Å². The van der Waals surface area contributed by atoms with Crippen LogP contribution in [0.3, 0.4) is 0 Å². The lowest BCUT2D eigenvalue weighted by molar-refractivity contribution is -0.226. The molecule has 0 radical (unpaired) electrons. The van der Waals surface area contributed by atoms with Gasteiger partial charge < -0.3 is 14.2 Å². The molecule has 2 saturated heterocycles. The van der Waals surface area contributed by atoms with Gasteiger partial charge in [-0.25, -0.2) is 4.90 Å². The fraction of sp³-hybridized carbons (Fsp3) is 0.368. The molecule has 0 aliphatic carbocycles. The van der Waals surface area contributed by atoms with Crippen LogP contribution in [0, 0.1) is 11.8 Å². The molecule has 146 valence electrons. The molecule has 8 nitrogen and oxygen atoms in total. The smallest absolute Gasteiger partial charge is 0.305 e. The second-order valence-electron chi connectivity index (χ2n) is 6.84. The predicted octanol–water partition coefficient (Wildman–Crippen LogP) is 1.71. The Hall–Kier alpha value is -2.52. The van der Waals surface area contributed by atoms with Crippen molar-refractivity contribution in [2.45, 2.75) is 31.8 Å². The number of amides is 2. The third-order valence-corrected chi connectivity index (χ3v) is 5.61. The molecular formula is C19H16BrNO7. The minimum absolute atomic E-state index is 0.405. The molecule has 4 rings (SSSR count). The van der Waals surface area contributed by atoms with Crippen LogP contribution in [-0.4, -0.2) is 41.7 Å². The molecule has 1 aromatic carbocycles. The number of halogens is 1. The van der Waals surface area contributed by atoms with Crippen molar-refractivity contribution in [3.63, 3.8) is 0 Å². The van der Waals surface area contributed by atoms with Gasteiger partial charge >= 0.3 is 11.9 Å². The first-order chi connectivity index (χ1) is 13.2. The monoisotopic (exact) mass is 449 g/mol. The van der Waals surface area contributed by atoms with Gasteiger partial charge in [0.1, 0.15) is 0 Å². The second-order valence-corrected chi connectivity index (χ2v) is 7.75. The van der Waals surface area contributed by atoms with Gasteiger partial charge in [-0.15, -0.1) is 0 Å². The highest BCUT2D eigenvalue weighted by atomic mass is 79.9. The molecule has 9 heteroatoms. The minimum atomic E-state index is -1.54. The molecule has 2 fully saturated rings. The number of benzene rings is 1. The highest BCUT2D eigenvalue weighted by molar-refractivity contribution is 9.10. The highest BCUT2D eigenvalue weighted by Crippen LogP contribution is 2.54. The lowest BCUT2D eigenvalue weighted by Gasteiger charge is -2.34. The fourth-order valence-corrected chi connectivity index (χ4v) is 4.33. The van der Waals surface area contributed by atoms with Gasteiger partial charge in [-0.2, -0.15) is 0 Å². The zero-order valence-electron chi connectivity index (χ0n) is 15.0. The van der Waals surface area contributed by atoms with E-state index in [1.807, 2.05) is 0 Å². The maximum Gasteiger partial charge on any atom is 0.305 e. The van der Waals surface area contributed by atoms with Crippen LogP contribution in [0.5, 0.6) is 0 Å². The number of carbonyl (C=O) groups excluding carboxylic acids is 4. The van der Waals surface area contributed by atoms with Crippen molar-refractivity contribution < 1.29 is 33.4 Å². The van der Waals surface area contributed by atoms with Crippen LogP contribution in [0.2, 0.25) is 0 Å². The minimum Gasteiger partial charge on any atom is -0.422 e. The first-order valence-electron chi connectivity index (χ1n) is 8.59. The van der Waals surface area contributed by atoms with E-state index in [1.54, 1.807) is 36.4 Å². The van der Waals surface area contributed by atoms with Crippen LogP contribution in [0.4, 0.5) is 5.69 Å². The van der Waals surface area contributed by atoms with Gasteiger partial charge in [0.05, 0.1) is 23.6 Å². The summed E-state index contributed by atoms with van der Waals surface area (Å²) in [6, 6.07) is 6.76. The Labute approximate surface area is 168 Å². The van der Waals surface area contributed by atoms with Crippen molar-refractivity contribution in [2.75, 3.05) is 4.90 Å². The number of rotatable bonds is 4. The summed E-state index contributed by atoms with van der Waals surface area (Å²) < 4.78 is 17.0. The number of hydrogen-bond donors (Lipinski definition) is 0. The van der Waals surface area contributed by atoms with Gasteiger partial charge in [0.15, 0.2) is 5.60 Å². The number of hydrogen-bond acceptors (Lipinski definition) is 7. The molecule has 0 saturated carbocycles. The number of anilines is 1. The topological polar surface area (TPSA) is 99.2 Å². The van der Waals surface area contributed by atoms with E-state index < -0.39 is 53.6 Å². The van der Waals surface area contributed by atoms with Crippen LogP contribution >= 0.6 is 15.9 Å². The standard InChI is InChI=1S/C19H16BrNO7/c1-9(22)26-18(27-10(2)23)19-8-7-13(28-19)14-15(19)17(25)21(16(14)24)12-5-3-11(20)4-6-12/h3-8,13-15,18H,1-2H3. The van der Waals surface area contributed by atoms with Crippen LogP contribution in [0.25, 0.3) is 0 Å². The van der Waals surface area contributed by atoms with Crippen LogP contribution in [-0.2, 0) is 33.4 Å². The van der Waals surface area contributed by atoms with Crippen LogP contribution in [0.15, 0.2) is 40.9 Å². The fourth-order valence-electron chi connectivity index (χ4n) is 4.06. The van der Waals surface area contributed by atoms with E-state index in [1.165, 1.54) is 0 Å². The Morgan fingerprint density at radius 3 is 2.29 bits per heavy atom. The SMILES string of the molecule is CC(=O)OC(OC(C)=O)C12C=CC(O1)C1C(=O)N(c3ccc(Br)cc3)C(=O)C12. The quantitative estimate of drug-likeness (QED) is 0.298. The van der Waals surface area contributed by atoms with E-state index in [-0.39, 0.29) is 0 Å². The summed E-state index contributed by atoms with van der Waals surface area (Å²) in [5, 5.41) is 0. The number of carbonyl (C=O) groups is 4. The maximum atomic E-state index is 13.3. The number of esters is 2. The van der Waals surface area contributed by atoms with E-state index in [2.05, 4.69) is 15.9 Å². The molecule has 3 aliphatic rings. The van der Waals surface area contributed by atoms with Crippen molar-refractivity contribution in [3.05, 3.63) is 40.9 Å². The molecule has 0 aromatic heterocycles. The molecular weight excluding hydrogens is 434 g/mol. The molecule has 3 heterocycles. The lowest BCUT2D eigenvalue weighted by atomic mass is 9.76. The Kier molecular flexibility index (Phi) is 4.39. The summed E-state index contributed by atoms with van der Waals surface area (Å²) >= 11 is 3.32. The van der Waals surface area contributed by atoms with Gasteiger partial charge in [0.25, 0.3) is 6.29 Å². The van der Waals surface area contributed by atoms with E-state index in [0.717, 1.165) is 23.2 Å². The molecule has 0 spiro atoms. The van der Waals surface area contributed by atoms with Crippen molar-refractivity contribution in [3.8, 4) is 0 Å². The van der Waals surface area contributed by atoms with Crippen LogP contribution < -0.4 is 4.90 Å². The number of imide groups is 1. The average molecular weight is 450 g/mol. The Balaban J connectivity index is 1.74. The first-order valence-corrected chi connectivity index (χ1v) is 9.39. The Morgan fingerprint density at radius 2 is 1.71 bits per heavy atom. The van der Waals surface area contributed by atoms with Gasteiger partial charge in [0, 0.05) is 18.3 Å². The zero-order valence-corrected chi connectivity index (χ0v) is 16.5. The number of nitrogens with zero attached hydrogens (tertiary/aromatic N) is 1. The Bertz CT molecular complexity index is 895. The van der Waals surface area contributed by atoms with E-state index in [9.17, 15) is 19.2 Å². The largest absolute Gasteiger partial charge is 0.422 e. The summed E-state index contributed by atoms with van der Waals surface area (Å²) in [6.07, 6.45) is 1.04. The molecule has 2 bridgehead atoms. The lowest BCUT2D eigenvalue weighted by Crippen LogP contribution is -2.52. The molecule has 28 heavy (non-hydrogen) atoms. The average Bonchev–Trinajstić information content (AvgIpc) is 3.26. The second kappa shape index (κ2) is 6.52. The molecule has 4 atom stereocenters. The highest BCUT2D eigenvalue weighted by Gasteiger charge is 2.72. The molecule has 4 unspecified atom stereocenters. The van der Waals surface area contributed by atoms with Gasteiger partial charge in [-0.1, -0.05) is 22.0 Å². The van der Waals surface area contributed by atoms with Crippen molar-refractivity contribution in [1.82, 2.24) is 0 Å². The van der Waals surface area contributed by atoms with Gasteiger partial charge in [-0.3, -0.25) is 19.2 Å². The molecule has 3 aliphatic heterocycles. The summed E-state index contributed by atoms with van der Waals surface area (Å²) in [5.74, 6) is -4.05. The first kappa shape index (κ1) is 18.8. The molecule has 1 aromatic rings. The van der Waals surface area contributed by atoms with Crippen molar-refractivity contribution >= 4 is 45.4 Å². The predicted molar refractivity (Wildman–Crippen MR) is 97.7 cm³/mol. The van der Waals surface area contributed by atoms with E-state index >= 15 is 0 Å². The maximum absolute atomic E-state index is 13.3. The van der Waals surface area contributed by atoms with E-state index in [4.69, 9.17) is 14.2 Å². The number of ether oxygens (including phenoxy) is 3. The summed E-state index contributed by atoms with van der Waals surface area (Å²) in [6.45, 7) is 2.32. The molecule has 2 amide bonds. The summed E-state index contributed by atoms with van der Waals surface area (Å²) in [5.41, 5.74) is -1.11. The summed E-state index contributed by atoms with van der Waals surface area (Å²) in [4.78, 5) is 50.5. The van der Waals surface area contributed by atoms with Gasteiger partial charge in [0.2, 0.25) is 11.8 Å². The van der Waals surface area contributed by atoms with Crippen molar-refractivity contribution in [1.29, 1.82) is 0 Å². The third kappa shape index (κ3) is 2.68. The zero-order chi connectivity index (χ0) is 20.2.